The lowest BCUT2D eigenvalue weighted by molar-refractivity contribution is -0.141. The fourth-order valence-corrected chi connectivity index (χ4v) is 4.39. The molecule has 0 bridgehead atoms. The lowest BCUT2D eigenvalue weighted by atomic mass is 9.99. The van der Waals surface area contributed by atoms with Gasteiger partial charge in [0.2, 0.25) is 0 Å². The number of aromatic nitrogens is 3. The number of carboxylic acids is 1. The molecule has 1 aromatic carbocycles. The van der Waals surface area contributed by atoms with Crippen molar-refractivity contribution in [2.45, 2.75) is 45.3 Å². The standard InChI is InChI=1S/C22H29N5O8S/c1-15-5-6-16(18(23)12-20(28)33-2)11-17(15)13-27-9-7-21(35-36(27,31)32)34-10-4-3-8-26-14-19(22(29)30)24-25-26/h5-7,11,14,18H,3-4,8-10,12-13,23H2,1-2H3,(H,29,30). The van der Waals surface area contributed by atoms with Crippen LogP contribution in [-0.4, -0.2) is 65.0 Å². The van der Waals surface area contributed by atoms with E-state index in [1.807, 2.05) is 13.0 Å². The molecule has 1 aliphatic heterocycles. The second-order valence-corrected chi connectivity index (χ2v) is 9.70. The maximum absolute atomic E-state index is 12.7. The van der Waals surface area contributed by atoms with Crippen molar-refractivity contribution in [3.63, 3.8) is 0 Å². The van der Waals surface area contributed by atoms with E-state index in [0.717, 1.165) is 11.1 Å². The second-order valence-electron chi connectivity index (χ2n) is 8.16. The zero-order valence-electron chi connectivity index (χ0n) is 20.0. The molecule has 36 heavy (non-hydrogen) atoms. The van der Waals surface area contributed by atoms with Crippen molar-refractivity contribution in [3.8, 4) is 0 Å². The molecular formula is C22H29N5O8S. The van der Waals surface area contributed by atoms with Gasteiger partial charge in [0.25, 0.3) is 5.95 Å². The van der Waals surface area contributed by atoms with E-state index in [2.05, 4.69) is 15.0 Å². The number of carbonyl (C=O) groups excluding carboxylic acids is 1. The van der Waals surface area contributed by atoms with Crippen LogP contribution in [0.3, 0.4) is 0 Å². The van der Waals surface area contributed by atoms with Crippen molar-refractivity contribution < 1.29 is 36.8 Å². The predicted molar refractivity (Wildman–Crippen MR) is 125 cm³/mol. The van der Waals surface area contributed by atoms with E-state index in [1.165, 1.54) is 22.3 Å². The molecule has 0 amide bonds. The Hall–Kier alpha value is -3.49. The minimum Gasteiger partial charge on any atom is -0.476 e. The molecule has 0 aliphatic carbocycles. The van der Waals surface area contributed by atoms with Gasteiger partial charge in [-0.3, -0.25) is 9.48 Å². The lowest BCUT2D eigenvalue weighted by Gasteiger charge is -2.26. The zero-order valence-corrected chi connectivity index (χ0v) is 20.8. The van der Waals surface area contributed by atoms with Crippen LogP contribution in [0.1, 0.15) is 52.5 Å². The summed E-state index contributed by atoms with van der Waals surface area (Å²) in [4.78, 5) is 22.3. The smallest absolute Gasteiger partial charge is 0.388 e. The summed E-state index contributed by atoms with van der Waals surface area (Å²) in [6, 6.07) is 4.83. The van der Waals surface area contributed by atoms with E-state index >= 15 is 0 Å². The molecule has 2 heterocycles. The van der Waals surface area contributed by atoms with Crippen molar-refractivity contribution in [1.29, 1.82) is 0 Å². The number of unbranched alkanes of at least 4 members (excludes halogenated alkanes) is 1. The van der Waals surface area contributed by atoms with Crippen molar-refractivity contribution >= 4 is 22.2 Å². The Balaban J connectivity index is 1.52. The van der Waals surface area contributed by atoms with Crippen LogP contribution in [0.2, 0.25) is 0 Å². The molecule has 1 aromatic heterocycles. The Kier molecular flexibility index (Phi) is 9.01. The van der Waals surface area contributed by atoms with Crippen LogP contribution >= 0.6 is 0 Å². The van der Waals surface area contributed by atoms with Crippen molar-refractivity contribution in [2.75, 3.05) is 20.3 Å². The molecular weight excluding hydrogens is 494 g/mol. The summed E-state index contributed by atoms with van der Waals surface area (Å²) in [6.07, 6.45) is 4.06. The Morgan fingerprint density at radius 1 is 1.31 bits per heavy atom. The van der Waals surface area contributed by atoms with Crippen LogP contribution < -0.4 is 5.73 Å². The number of aromatic carboxylic acids is 1. The monoisotopic (exact) mass is 523 g/mol. The molecule has 1 unspecified atom stereocenters. The van der Waals surface area contributed by atoms with Gasteiger partial charge in [-0.15, -0.1) is 5.10 Å². The summed E-state index contributed by atoms with van der Waals surface area (Å²) in [5.41, 5.74) is 8.26. The highest BCUT2D eigenvalue weighted by atomic mass is 32.2. The number of hydrogen-bond acceptors (Lipinski definition) is 10. The molecule has 3 N–H and O–H groups in total. The predicted octanol–water partition coefficient (Wildman–Crippen LogP) is 1.26. The van der Waals surface area contributed by atoms with Gasteiger partial charge in [-0.25, -0.2) is 4.79 Å². The number of carbonyl (C=O) groups is 2. The van der Waals surface area contributed by atoms with Gasteiger partial charge in [-0.2, -0.15) is 12.7 Å². The number of rotatable bonds is 12. The number of aryl methyl sites for hydroxylation is 2. The topological polar surface area (TPSA) is 176 Å². The van der Waals surface area contributed by atoms with E-state index < -0.39 is 28.3 Å². The molecule has 2 aromatic rings. The van der Waals surface area contributed by atoms with Crippen molar-refractivity contribution in [2.24, 2.45) is 5.73 Å². The van der Waals surface area contributed by atoms with E-state index in [9.17, 15) is 18.0 Å². The van der Waals surface area contributed by atoms with E-state index in [4.69, 9.17) is 19.8 Å². The molecule has 196 valence electrons. The average Bonchev–Trinajstić information content (AvgIpc) is 3.30. The number of carboxylic acid groups (broad SMARTS) is 1. The minimum atomic E-state index is -4.08. The summed E-state index contributed by atoms with van der Waals surface area (Å²) >= 11 is 0. The fraction of sp³-hybridized carbons (Fsp3) is 0.455. The maximum Gasteiger partial charge on any atom is 0.388 e. The van der Waals surface area contributed by atoms with Crippen LogP contribution in [0.15, 0.2) is 36.4 Å². The quantitative estimate of drug-likeness (QED) is 0.302. The molecule has 0 saturated carbocycles. The van der Waals surface area contributed by atoms with Gasteiger partial charge >= 0.3 is 22.2 Å². The number of nitrogens with zero attached hydrogens (tertiary/aromatic N) is 4. The molecule has 1 atom stereocenters. The maximum atomic E-state index is 12.7. The van der Waals surface area contributed by atoms with Crippen LogP contribution in [0.25, 0.3) is 0 Å². The molecule has 3 rings (SSSR count). The molecule has 14 heteroatoms. The fourth-order valence-electron chi connectivity index (χ4n) is 3.40. The number of hydrogen-bond donors (Lipinski definition) is 2. The molecule has 0 radical (unpaired) electrons. The van der Waals surface area contributed by atoms with Gasteiger partial charge in [0.1, 0.15) is 0 Å². The minimum absolute atomic E-state index is 0.00969. The first kappa shape index (κ1) is 27.1. The molecule has 0 spiro atoms. The van der Waals surface area contributed by atoms with Gasteiger partial charge in [-0.05, 0) is 36.5 Å². The summed E-state index contributed by atoms with van der Waals surface area (Å²) in [6.45, 7) is 2.63. The second kappa shape index (κ2) is 12.0. The van der Waals surface area contributed by atoms with E-state index in [-0.39, 0.29) is 37.8 Å². The van der Waals surface area contributed by atoms with Crippen LogP contribution in [0.4, 0.5) is 0 Å². The number of methoxy groups -OCH3 is 1. The first-order chi connectivity index (χ1) is 17.1. The van der Waals surface area contributed by atoms with Crippen molar-refractivity contribution in [3.05, 3.63) is 58.8 Å². The number of ether oxygens (including phenoxy) is 2. The number of benzene rings is 1. The Labute approximate surface area is 208 Å². The Bertz CT molecular complexity index is 1230. The lowest BCUT2D eigenvalue weighted by Crippen LogP contribution is -2.36. The SMILES string of the molecule is COC(=O)CC(N)c1ccc(C)c(CN2CC=C(OCCCCn3cc(C(=O)O)nn3)OS2(=O)=O)c1. The molecule has 1 aliphatic rings. The summed E-state index contributed by atoms with van der Waals surface area (Å²) < 4.78 is 43.1. The van der Waals surface area contributed by atoms with Gasteiger partial charge in [0.15, 0.2) is 5.69 Å². The Morgan fingerprint density at radius 3 is 2.75 bits per heavy atom. The van der Waals surface area contributed by atoms with Crippen LogP contribution in [0, 0.1) is 6.92 Å². The summed E-state index contributed by atoms with van der Waals surface area (Å²) in [7, 11) is -2.79. The molecule has 0 saturated heterocycles. The highest BCUT2D eigenvalue weighted by molar-refractivity contribution is 7.84. The van der Waals surface area contributed by atoms with Gasteiger partial charge in [-0.1, -0.05) is 23.4 Å². The van der Waals surface area contributed by atoms with Crippen molar-refractivity contribution in [1.82, 2.24) is 19.3 Å². The summed E-state index contributed by atoms with van der Waals surface area (Å²) in [5, 5.41) is 16.1. The number of nitrogens with two attached hydrogens (primary N) is 1. The average molecular weight is 524 g/mol. The zero-order chi connectivity index (χ0) is 26.3. The van der Waals surface area contributed by atoms with Crippen LogP contribution in [-0.2, 0) is 41.8 Å². The Morgan fingerprint density at radius 2 is 2.08 bits per heavy atom. The third-order valence-electron chi connectivity index (χ3n) is 5.51. The molecule has 13 nitrogen and oxygen atoms in total. The van der Waals surface area contributed by atoms with Crippen LogP contribution in [0.5, 0.6) is 0 Å². The van der Waals surface area contributed by atoms with E-state index in [1.54, 1.807) is 18.2 Å². The third kappa shape index (κ3) is 7.26. The summed E-state index contributed by atoms with van der Waals surface area (Å²) in [5.74, 6) is -1.67. The normalized spacial score (nSPS) is 16.0. The van der Waals surface area contributed by atoms with Gasteiger partial charge in [0, 0.05) is 31.8 Å². The third-order valence-corrected chi connectivity index (χ3v) is 6.80. The first-order valence-electron chi connectivity index (χ1n) is 11.2. The molecule has 0 fully saturated rings. The van der Waals surface area contributed by atoms with Gasteiger partial charge < -0.3 is 24.5 Å². The highest BCUT2D eigenvalue weighted by Crippen LogP contribution is 2.24. The number of esters is 1. The highest BCUT2D eigenvalue weighted by Gasteiger charge is 2.30. The van der Waals surface area contributed by atoms with Gasteiger partial charge in [0.05, 0.1) is 26.3 Å². The largest absolute Gasteiger partial charge is 0.476 e. The van der Waals surface area contributed by atoms with E-state index in [0.29, 0.717) is 24.9 Å². The first-order valence-corrected chi connectivity index (χ1v) is 12.5.